The summed E-state index contributed by atoms with van der Waals surface area (Å²) in [4.78, 5) is 1.38. The van der Waals surface area contributed by atoms with Gasteiger partial charge in [0.1, 0.15) is 0 Å². The lowest BCUT2D eigenvalue weighted by Crippen LogP contribution is -2.11. The van der Waals surface area contributed by atoms with Gasteiger partial charge in [0, 0.05) is 10.3 Å². The fourth-order valence-corrected chi connectivity index (χ4v) is 2.48. The minimum Gasteiger partial charge on any atom is -0.323 e. The topological polar surface area (TPSA) is 51.8 Å². The molecule has 0 aliphatic heterocycles. The summed E-state index contributed by atoms with van der Waals surface area (Å²) in [7, 11) is 0. The summed E-state index contributed by atoms with van der Waals surface area (Å²) in [6.07, 6.45) is 1.96. The minimum absolute atomic E-state index is 0.0239. The Morgan fingerprint density at radius 2 is 2.43 bits per heavy atom. The van der Waals surface area contributed by atoms with Gasteiger partial charge in [0.15, 0.2) is 0 Å². The molecule has 0 radical (unpaired) electrons. The van der Waals surface area contributed by atoms with Crippen LogP contribution >= 0.6 is 22.9 Å². The molecule has 2 aromatic heterocycles. The molecular weight excluding hydrogens is 214 g/mol. The molecule has 0 aliphatic carbocycles. The smallest absolute Gasteiger partial charge is 0.0922 e. The number of nitrogens with zero attached hydrogens (tertiary/aromatic N) is 2. The second-order valence-electron chi connectivity index (χ2n) is 3.05. The molecule has 0 amide bonds. The molecule has 1 unspecified atom stereocenters. The monoisotopic (exact) mass is 225 g/mol. The average molecular weight is 225 g/mol. The van der Waals surface area contributed by atoms with Gasteiger partial charge in [-0.1, -0.05) is 10.6 Å². The van der Waals surface area contributed by atoms with Gasteiger partial charge in [0.25, 0.3) is 0 Å². The Hall–Kier alpha value is -0.780. The summed E-state index contributed by atoms with van der Waals surface area (Å²) in [6, 6.07) is 4.22. The van der Waals surface area contributed by atoms with Gasteiger partial charge < -0.3 is 5.73 Å². The maximum atomic E-state index is 5.96. The molecule has 0 spiro atoms. The van der Waals surface area contributed by atoms with Crippen LogP contribution in [0.15, 0.2) is 22.9 Å². The highest BCUT2D eigenvalue weighted by Crippen LogP contribution is 2.17. The zero-order valence-corrected chi connectivity index (χ0v) is 9.22. The molecule has 0 fully saturated rings. The first-order valence-electron chi connectivity index (χ1n) is 4.41. The lowest BCUT2D eigenvalue weighted by atomic mass is 10.1. The van der Waals surface area contributed by atoms with Crippen molar-refractivity contribution in [2.75, 3.05) is 0 Å². The van der Waals surface area contributed by atoms with Gasteiger partial charge in [0.2, 0.25) is 0 Å². The Morgan fingerprint density at radius 3 is 3.07 bits per heavy atom. The zero-order chi connectivity index (χ0) is 9.80. The Labute approximate surface area is 90.8 Å². The number of rotatable bonds is 4. The average Bonchev–Trinajstić information content (AvgIpc) is 2.87. The molecule has 5 heteroatoms. The standard InChI is InChI=1S/C9H11N3S2/c10-8(9-6-14-12-11-9)4-3-7-2-1-5-13-7/h1-2,5-6,8H,3-4,10H2. The second-order valence-corrected chi connectivity index (χ2v) is 4.70. The number of aryl methyl sites for hydroxylation is 1. The van der Waals surface area contributed by atoms with Crippen LogP contribution in [0.25, 0.3) is 0 Å². The number of nitrogens with two attached hydrogens (primary N) is 1. The van der Waals surface area contributed by atoms with Crippen LogP contribution in [0.4, 0.5) is 0 Å². The predicted molar refractivity (Wildman–Crippen MR) is 59.5 cm³/mol. The van der Waals surface area contributed by atoms with E-state index in [9.17, 15) is 0 Å². The first-order chi connectivity index (χ1) is 6.86. The van der Waals surface area contributed by atoms with Gasteiger partial charge in [-0.05, 0) is 35.8 Å². The molecule has 0 aromatic carbocycles. The lowest BCUT2D eigenvalue weighted by molar-refractivity contribution is 0.634. The number of hydrogen-bond acceptors (Lipinski definition) is 5. The van der Waals surface area contributed by atoms with Crippen molar-refractivity contribution in [2.45, 2.75) is 18.9 Å². The number of hydrogen-bond donors (Lipinski definition) is 1. The molecule has 3 nitrogen and oxygen atoms in total. The zero-order valence-electron chi connectivity index (χ0n) is 7.59. The fraction of sp³-hybridized carbons (Fsp3) is 0.333. The van der Waals surface area contributed by atoms with Crippen LogP contribution in [0.1, 0.15) is 23.0 Å². The first kappa shape index (κ1) is 9.76. The van der Waals surface area contributed by atoms with Crippen LogP contribution < -0.4 is 5.73 Å². The van der Waals surface area contributed by atoms with E-state index in [0.717, 1.165) is 18.5 Å². The highest BCUT2D eigenvalue weighted by molar-refractivity contribution is 7.09. The summed E-state index contributed by atoms with van der Waals surface area (Å²) in [5.74, 6) is 0. The van der Waals surface area contributed by atoms with Crippen molar-refractivity contribution in [2.24, 2.45) is 5.73 Å². The van der Waals surface area contributed by atoms with Gasteiger partial charge in [-0.15, -0.1) is 16.4 Å². The molecule has 2 aromatic rings. The molecular formula is C9H11N3S2. The van der Waals surface area contributed by atoms with Crippen LogP contribution in [-0.4, -0.2) is 9.59 Å². The van der Waals surface area contributed by atoms with Crippen LogP contribution in [0.2, 0.25) is 0 Å². The van der Waals surface area contributed by atoms with Crippen molar-refractivity contribution in [1.29, 1.82) is 0 Å². The molecule has 0 saturated carbocycles. The van der Waals surface area contributed by atoms with Crippen molar-refractivity contribution < 1.29 is 0 Å². The van der Waals surface area contributed by atoms with E-state index >= 15 is 0 Å². The Morgan fingerprint density at radius 1 is 1.50 bits per heavy atom. The molecule has 0 bridgehead atoms. The van der Waals surface area contributed by atoms with Gasteiger partial charge in [0.05, 0.1) is 11.7 Å². The van der Waals surface area contributed by atoms with E-state index in [1.165, 1.54) is 16.4 Å². The van der Waals surface area contributed by atoms with Crippen LogP contribution in [0.5, 0.6) is 0 Å². The minimum atomic E-state index is 0.0239. The van der Waals surface area contributed by atoms with Gasteiger partial charge >= 0.3 is 0 Å². The summed E-state index contributed by atoms with van der Waals surface area (Å²) in [6.45, 7) is 0. The van der Waals surface area contributed by atoms with E-state index in [1.54, 1.807) is 11.3 Å². The van der Waals surface area contributed by atoms with Crippen molar-refractivity contribution >= 4 is 22.9 Å². The van der Waals surface area contributed by atoms with E-state index in [-0.39, 0.29) is 6.04 Å². The largest absolute Gasteiger partial charge is 0.323 e. The Bertz CT molecular complexity index is 355. The number of aromatic nitrogens is 2. The maximum Gasteiger partial charge on any atom is 0.0922 e. The summed E-state index contributed by atoms with van der Waals surface area (Å²) >= 11 is 3.13. The molecule has 2 N–H and O–H groups in total. The van der Waals surface area contributed by atoms with Crippen molar-refractivity contribution in [3.63, 3.8) is 0 Å². The third-order valence-corrected chi connectivity index (χ3v) is 3.50. The van der Waals surface area contributed by atoms with E-state index in [4.69, 9.17) is 5.73 Å². The fourth-order valence-electron chi connectivity index (χ4n) is 1.23. The van der Waals surface area contributed by atoms with E-state index in [0.29, 0.717) is 0 Å². The maximum absolute atomic E-state index is 5.96. The van der Waals surface area contributed by atoms with Crippen LogP contribution in [-0.2, 0) is 6.42 Å². The van der Waals surface area contributed by atoms with Crippen LogP contribution in [0.3, 0.4) is 0 Å². The quantitative estimate of drug-likeness (QED) is 0.868. The van der Waals surface area contributed by atoms with Crippen molar-refractivity contribution in [1.82, 2.24) is 9.59 Å². The third kappa shape index (κ3) is 2.37. The first-order valence-corrected chi connectivity index (χ1v) is 6.13. The van der Waals surface area contributed by atoms with Crippen molar-refractivity contribution in [3.05, 3.63) is 33.5 Å². The normalized spacial score (nSPS) is 12.9. The van der Waals surface area contributed by atoms with E-state index in [1.807, 2.05) is 5.38 Å². The Kier molecular flexibility index (Phi) is 3.23. The van der Waals surface area contributed by atoms with Crippen LogP contribution in [0, 0.1) is 0 Å². The second kappa shape index (κ2) is 4.63. The van der Waals surface area contributed by atoms with Gasteiger partial charge in [-0.3, -0.25) is 0 Å². The molecule has 0 aliphatic rings. The van der Waals surface area contributed by atoms with E-state index < -0.39 is 0 Å². The summed E-state index contributed by atoms with van der Waals surface area (Å²) < 4.78 is 3.80. The van der Waals surface area contributed by atoms with Gasteiger partial charge in [-0.25, -0.2) is 0 Å². The molecule has 74 valence electrons. The Balaban J connectivity index is 1.87. The molecule has 0 saturated heterocycles. The summed E-state index contributed by atoms with van der Waals surface area (Å²) in [5.41, 5.74) is 6.87. The highest BCUT2D eigenvalue weighted by Gasteiger charge is 2.08. The molecule has 2 heterocycles. The predicted octanol–water partition coefficient (Wildman–Crippen LogP) is 2.23. The van der Waals surface area contributed by atoms with E-state index in [2.05, 4.69) is 27.1 Å². The van der Waals surface area contributed by atoms with Gasteiger partial charge in [-0.2, -0.15) is 0 Å². The SMILES string of the molecule is NC(CCc1cccs1)c1csnn1. The third-order valence-electron chi connectivity index (χ3n) is 2.04. The molecule has 14 heavy (non-hydrogen) atoms. The summed E-state index contributed by atoms with van der Waals surface area (Å²) in [5, 5.41) is 7.97. The molecule has 1 atom stereocenters. The lowest BCUT2D eigenvalue weighted by Gasteiger charge is -2.05. The molecule has 2 rings (SSSR count). The highest BCUT2D eigenvalue weighted by atomic mass is 32.1. The number of thiophene rings is 1. The van der Waals surface area contributed by atoms with Crippen molar-refractivity contribution in [3.8, 4) is 0 Å².